The first-order valence-corrected chi connectivity index (χ1v) is 6.01. The molecule has 96 valence electrons. The smallest absolute Gasteiger partial charge is 0.122 e. The quantitative estimate of drug-likeness (QED) is 0.925. The number of nitrogens with zero attached hydrogens (tertiary/aromatic N) is 3. The fourth-order valence-corrected chi connectivity index (χ4v) is 2.13. The molecule has 0 bridgehead atoms. The number of aliphatic hydroxyl groups is 1. The van der Waals surface area contributed by atoms with Crippen molar-refractivity contribution in [1.29, 1.82) is 0 Å². The molecule has 1 aromatic heterocycles. The van der Waals surface area contributed by atoms with Gasteiger partial charge in [0.05, 0.1) is 16.9 Å². The Morgan fingerprint density at radius 3 is 2.67 bits per heavy atom. The zero-order valence-electron chi connectivity index (χ0n) is 10.6. The highest BCUT2D eigenvalue weighted by atomic mass is 35.5. The molecule has 1 atom stereocenters. The van der Waals surface area contributed by atoms with Gasteiger partial charge in [-0.1, -0.05) is 23.7 Å². The third-order valence-corrected chi connectivity index (χ3v) is 3.19. The zero-order chi connectivity index (χ0) is 13.3. The Kier molecular flexibility index (Phi) is 3.59. The number of benzene rings is 1. The Labute approximate surface area is 111 Å². The molecule has 1 unspecified atom stereocenters. The molecule has 18 heavy (non-hydrogen) atoms. The number of anilines is 1. The predicted molar refractivity (Wildman–Crippen MR) is 73.0 cm³/mol. The highest BCUT2D eigenvalue weighted by Crippen LogP contribution is 2.29. The van der Waals surface area contributed by atoms with E-state index in [4.69, 9.17) is 11.6 Å². The predicted octanol–water partition coefficient (Wildman–Crippen LogP) is 2.22. The van der Waals surface area contributed by atoms with Crippen LogP contribution in [0.2, 0.25) is 5.02 Å². The van der Waals surface area contributed by atoms with Crippen molar-refractivity contribution in [1.82, 2.24) is 9.78 Å². The molecule has 0 aliphatic heterocycles. The summed E-state index contributed by atoms with van der Waals surface area (Å²) in [6.45, 7) is 0. The average molecular weight is 266 g/mol. The Hall–Kier alpha value is -1.52. The van der Waals surface area contributed by atoms with E-state index in [1.54, 1.807) is 11.7 Å². The Balaban J connectivity index is 2.40. The number of halogens is 1. The molecule has 1 N–H and O–H groups in total. The van der Waals surface area contributed by atoms with E-state index >= 15 is 0 Å². The van der Waals surface area contributed by atoms with Crippen LogP contribution >= 0.6 is 11.6 Å². The molecular formula is C13H16ClN3O. The van der Waals surface area contributed by atoms with Crippen LogP contribution in [-0.2, 0) is 7.05 Å². The van der Waals surface area contributed by atoms with E-state index in [1.165, 1.54) is 6.20 Å². The summed E-state index contributed by atoms with van der Waals surface area (Å²) in [5, 5.41) is 14.9. The zero-order valence-corrected chi connectivity index (χ0v) is 11.4. The normalized spacial score (nSPS) is 12.5. The van der Waals surface area contributed by atoms with Gasteiger partial charge in [0.2, 0.25) is 0 Å². The summed E-state index contributed by atoms with van der Waals surface area (Å²) in [7, 11) is 5.69. The minimum Gasteiger partial charge on any atom is -0.382 e. The van der Waals surface area contributed by atoms with Gasteiger partial charge < -0.3 is 10.0 Å². The van der Waals surface area contributed by atoms with Crippen LogP contribution in [0.4, 0.5) is 5.69 Å². The van der Waals surface area contributed by atoms with E-state index in [9.17, 15) is 5.11 Å². The monoisotopic (exact) mass is 265 g/mol. The molecule has 4 nitrogen and oxygen atoms in total. The number of hydrogen-bond donors (Lipinski definition) is 1. The lowest BCUT2D eigenvalue weighted by molar-refractivity contribution is 0.210. The van der Waals surface area contributed by atoms with Crippen LogP contribution in [-0.4, -0.2) is 29.0 Å². The summed E-state index contributed by atoms with van der Waals surface area (Å²) in [5.41, 5.74) is 2.43. The van der Waals surface area contributed by atoms with Crippen LogP contribution in [0.25, 0.3) is 0 Å². The summed E-state index contributed by atoms with van der Waals surface area (Å²) in [5.74, 6) is 0. The molecule has 1 heterocycles. The minimum absolute atomic E-state index is 0.472. The van der Waals surface area contributed by atoms with Gasteiger partial charge in [-0.3, -0.25) is 4.68 Å². The first-order valence-electron chi connectivity index (χ1n) is 5.63. The third-order valence-electron chi connectivity index (χ3n) is 2.90. The van der Waals surface area contributed by atoms with Crippen LogP contribution in [0, 0.1) is 0 Å². The van der Waals surface area contributed by atoms with Gasteiger partial charge in [0.1, 0.15) is 6.10 Å². The van der Waals surface area contributed by atoms with Gasteiger partial charge in [0, 0.05) is 26.8 Å². The van der Waals surface area contributed by atoms with E-state index in [0.29, 0.717) is 10.7 Å². The fraction of sp³-hybridized carbons (Fsp3) is 0.308. The van der Waals surface area contributed by atoms with E-state index in [0.717, 1.165) is 11.3 Å². The first kappa shape index (κ1) is 12.9. The molecule has 0 radical (unpaired) electrons. The van der Waals surface area contributed by atoms with Gasteiger partial charge in [-0.2, -0.15) is 5.10 Å². The topological polar surface area (TPSA) is 41.3 Å². The molecule has 0 spiro atoms. The van der Waals surface area contributed by atoms with Crippen molar-refractivity contribution >= 4 is 17.3 Å². The lowest BCUT2D eigenvalue weighted by atomic mass is 10.1. The Morgan fingerprint density at radius 2 is 2.11 bits per heavy atom. The van der Waals surface area contributed by atoms with Gasteiger partial charge in [-0.05, 0) is 17.7 Å². The average Bonchev–Trinajstić information content (AvgIpc) is 2.68. The maximum absolute atomic E-state index is 10.4. The van der Waals surface area contributed by atoms with Gasteiger partial charge in [-0.15, -0.1) is 0 Å². The molecule has 0 aliphatic carbocycles. The van der Waals surface area contributed by atoms with Crippen molar-refractivity contribution in [3.63, 3.8) is 0 Å². The number of aromatic nitrogens is 2. The number of rotatable bonds is 3. The molecular weight excluding hydrogens is 250 g/mol. The maximum Gasteiger partial charge on any atom is 0.122 e. The number of aliphatic hydroxyl groups excluding tert-OH is 1. The van der Waals surface area contributed by atoms with Crippen molar-refractivity contribution in [2.24, 2.45) is 7.05 Å². The van der Waals surface area contributed by atoms with Crippen LogP contribution in [0.5, 0.6) is 0 Å². The van der Waals surface area contributed by atoms with Crippen molar-refractivity contribution in [3.05, 3.63) is 46.7 Å². The second-order valence-corrected chi connectivity index (χ2v) is 4.80. The van der Waals surface area contributed by atoms with Crippen molar-refractivity contribution in [2.75, 3.05) is 19.0 Å². The fourth-order valence-electron chi connectivity index (χ4n) is 1.86. The second-order valence-electron chi connectivity index (χ2n) is 4.39. The van der Waals surface area contributed by atoms with Crippen molar-refractivity contribution < 1.29 is 5.11 Å². The van der Waals surface area contributed by atoms with Gasteiger partial charge in [0.25, 0.3) is 0 Å². The largest absolute Gasteiger partial charge is 0.382 e. The van der Waals surface area contributed by atoms with Gasteiger partial charge >= 0.3 is 0 Å². The standard InChI is InChI=1S/C13H16ClN3O/c1-16(2)10-6-4-5-9(7-10)13(18)12-11(14)8-15-17(12)3/h4-8,13,18H,1-3H3. The summed E-state index contributed by atoms with van der Waals surface area (Å²) < 4.78 is 1.59. The van der Waals surface area contributed by atoms with E-state index in [2.05, 4.69) is 5.10 Å². The van der Waals surface area contributed by atoms with Crippen molar-refractivity contribution in [2.45, 2.75) is 6.10 Å². The van der Waals surface area contributed by atoms with Crippen LogP contribution < -0.4 is 4.90 Å². The first-order chi connectivity index (χ1) is 8.50. The Bertz CT molecular complexity index is 531. The summed E-state index contributed by atoms with van der Waals surface area (Å²) in [6.07, 6.45) is 0.764. The lowest BCUT2D eigenvalue weighted by Crippen LogP contribution is -2.11. The van der Waals surface area contributed by atoms with Crippen LogP contribution in [0.1, 0.15) is 17.4 Å². The minimum atomic E-state index is -0.773. The molecule has 0 fully saturated rings. The number of aryl methyl sites for hydroxylation is 1. The lowest BCUT2D eigenvalue weighted by Gasteiger charge is -2.17. The third kappa shape index (κ3) is 2.35. The van der Waals surface area contributed by atoms with E-state index in [-0.39, 0.29) is 0 Å². The van der Waals surface area contributed by atoms with Gasteiger partial charge in [0.15, 0.2) is 0 Å². The maximum atomic E-state index is 10.4. The molecule has 0 saturated carbocycles. The molecule has 5 heteroatoms. The molecule has 0 saturated heterocycles. The van der Waals surface area contributed by atoms with E-state index in [1.807, 2.05) is 43.3 Å². The summed E-state index contributed by atoms with van der Waals surface area (Å²) >= 11 is 6.04. The van der Waals surface area contributed by atoms with Crippen molar-refractivity contribution in [3.8, 4) is 0 Å². The molecule has 1 aromatic carbocycles. The molecule has 2 aromatic rings. The summed E-state index contributed by atoms with van der Waals surface area (Å²) in [4.78, 5) is 1.99. The van der Waals surface area contributed by atoms with Crippen LogP contribution in [0.15, 0.2) is 30.5 Å². The molecule has 0 amide bonds. The second kappa shape index (κ2) is 5.00. The SMILES string of the molecule is CN(C)c1cccc(C(O)c2c(Cl)cnn2C)c1. The highest BCUT2D eigenvalue weighted by Gasteiger charge is 2.18. The number of hydrogen-bond acceptors (Lipinski definition) is 3. The molecule has 0 aliphatic rings. The highest BCUT2D eigenvalue weighted by molar-refractivity contribution is 6.31. The van der Waals surface area contributed by atoms with E-state index < -0.39 is 6.10 Å². The Morgan fingerprint density at radius 1 is 1.39 bits per heavy atom. The van der Waals surface area contributed by atoms with Gasteiger partial charge in [-0.25, -0.2) is 0 Å². The molecule has 2 rings (SSSR count). The van der Waals surface area contributed by atoms with Crippen LogP contribution in [0.3, 0.4) is 0 Å². The summed E-state index contributed by atoms with van der Waals surface area (Å²) in [6, 6.07) is 7.72.